The number of Topliss-reactive ketones (excluding diaryl/α,β-unsaturated/α-hetero) is 1. The Morgan fingerprint density at radius 3 is 2.23 bits per heavy atom. The van der Waals surface area contributed by atoms with E-state index in [1.807, 2.05) is 42.5 Å². The minimum atomic E-state index is -0.165. The molecule has 0 radical (unpaired) electrons. The Morgan fingerprint density at radius 1 is 0.955 bits per heavy atom. The van der Waals surface area contributed by atoms with E-state index in [0.29, 0.717) is 12.8 Å². The molecule has 4 bridgehead atoms. The number of allylic oxidation sites excluding steroid dienone is 2. The molecule has 3 nitrogen and oxygen atoms in total. The van der Waals surface area contributed by atoms with Crippen molar-refractivity contribution in [3.05, 3.63) is 60.2 Å². The summed E-state index contributed by atoms with van der Waals surface area (Å²) < 4.78 is 5.74. The average Bonchev–Trinajstić information content (AvgIpc) is 2.99. The van der Waals surface area contributed by atoms with Crippen molar-refractivity contribution in [2.24, 2.45) is 23.7 Å². The summed E-state index contributed by atoms with van der Waals surface area (Å²) in [5, 5.41) is 0. The smallest absolute Gasteiger partial charge is 0.306 e. The van der Waals surface area contributed by atoms with E-state index in [4.69, 9.17) is 4.74 Å². The molecule has 1 aromatic rings. The molecule has 0 aliphatic heterocycles. The molecule has 3 heteroatoms. The number of aryl methyl sites for hydroxylation is 1. The molecule has 0 N–H and O–H groups in total. The molecule has 4 atom stereocenters. The zero-order chi connectivity index (χ0) is 15.1. The van der Waals surface area contributed by atoms with Gasteiger partial charge in [-0.15, -0.1) is 0 Å². The van der Waals surface area contributed by atoms with Crippen molar-refractivity contribution in [2.75, 3.05) is 0 Å². The van der Waals surface area contributed by atoms with Crippen LogP contribution in [0.4, 0.5) is 0 Å². The normalized spacial score (nSPS) is 34.2. The molecule has 1 saturated carbocycles. The molecule has 0 heterocycles. The van der Waals surface area contributed by atoms with Gasteiger partial charge in [0.05, 0.1) is 0 Å². The van der Waals surface area contributed by atoms with Crippen LogP contribution in [0.3, 0.4) is 0 Å². The van der Waals surface area contributed by atoms with E-state index in [1.54, 1.807) is 0 Å². The number of rotatable bonds is 4. The maximum atomic E-state index is 12.2. The molecule has 22 heavy (non-hydrogen) atoms. The first-order valence-corrected chi connectivity index (χ1v) is 7.88. The number of fused-ring (bicyclic) bond motifs is 6. The first kappa shape index (κ1) is 13.5. The molecule has 4 rings (SSSR count). The van der Waals surface area contributed by atoms with Gasteiger partial charge in [-0.3, -0.25) is 9.59 Å². The van der Waals surface area contributed by atoms with Crippen LogP contribution >= 0.6 is 0 Å². The summed E-state index contributed by atoms with van der Waals surface area (Å²) in [5.41, 5.74) is 1.14. The van der Waals surface area contributed by atoms with Crippen LogP contribution in [0, 0.1) is 23.7 Å². The molecule has 112 valence electrons. The van der Waals surface area contributed by atoms with E-state index in [1.165, 1.54) is 0 Å². The summed E-state index contributed by atoms with van der Waals surface area (Å²) in [6.07, 6.45) is 9.02. The number of benzene rings is 1. The van der Waals surface area contributed by atoms with Gasteiger partial charge in [-0.2, -0.15) is 0 Å². The van der Waals surface area contributed by atoms with E-state index in [0.717, 1.165) is 5.56 Å². The van der Waals surface area contributed by atoms with E-state index >= 15 is 0 Å². The summed E-state index contributed by atoms with van der Waals surface area (Å²) >= 11 is 0. The van der Waals surface area contributed by atoms with Gasteiger partial charge in [0, 0.05) is 30.1 Å². The molecule has 4 unspecified atom stereocenters. The fourth-order valence-electron chi connectivity index (χ4n) is 3.93. The molecule has 0 amide bonds. The second-order valence-electron chi connectivity index (χ2n) is 6.32. The summed E-state index contributed by atoms with van der Waals surface area (Å²) in [7, 11) is 0. The van der Waals surface area contributed by atoms with Gasteiger partial charge in [-0.05, 0) is 12.0 Å². The maximum absolute atomic E-state index is 12.2. The molecule has 0 saturated heterocycles. The number of hydrogen-bond acceptors (Lipinski definition) is 3. The van der Waals surface area contributed by atoms with Gasteiger partial charge in [0.2, 0.25) is 0 Å². The topological polar surface area (TPSA) is 43.4 Å². The predicted molar refractivity (Wildman–Crippen MR) is 81.9 cm³/mol. The Hall–Kier alpha value is -2.16. The standard InChI is InChI=1S/C19H18O3/c20-17(11-6-12-4-2-1-3-5-12)22-19-15-9-10-16(19)14-8-7-13(15)18(14)21/h1-5,7-10,13-16,19H,6,11H2. The van der Waals surface area contributed by atoms with Crippen LogP contribution in [-0.2, 0) is 20.7 Å². The molecular formula is C19H18O3. The monoisotopic (exact) mass is 294 g/mol. The number of carbonyl (C=O) groups excluding carboxylic acids is 2. The van der Waals surface area contributed by atoms with Crippen LogP contribution in [0.1, 0.15) is 12.0 Å². The van der Waals surface area contributed by atoms with Crippen LogP contribution in [0.25, 0.3) is 0 Å². The highest BCUT2D eigenvalue weighted by Crippen LogP contribution is 2.48. The van der Waals surface area contributed by atoms with E-state index < -0.39 is 0 Å². The van der Waals surface area contributed by atoms with Gasteiger partial charge >= 0.3 is 5.97 Å². The molecular weight excluding hydrogens is 276 g/mol. The van der Waals surface area contributed by atoms with E-state index in [-0.39, 0.29) is 41.5 Å². The lowest BCUT2D eigenvalue weighted by molar-refractivity contribution is -0.158. The van der Waals surface area contributed by atoms with Gasteiger partial charge in [0.1, 0.15) is 11.9 Å². The van der Waals surface area contributed by atoms with Crippen molar-refractivity contribution in [1.29, 1.82) is 0 Å². The van der Waals surface area contributed by atoms with Crippen LogP contribution < -0.4 is 0 Å². The second-order valence-corrected chi connectivity index (χ2v) is 6.32. The van der Waals surface area contributed by atoms with Crippen LogP contribution in [-0.4, -0.2) is 17.9 Å². The van der Waals surface area contributed by atoms with Gasteiger partial charge in [-0.25, -0.2) is 0 Å². The molecule has 3 aliphatic rings. The molecule has 1 aromatic carbocycles. The first-order chi connectivity index (χ1) is 10.7. The van der Waals surface area contributed by atoms with Gasteiger partial charge in [0.15, 0.2) is 0 Å². The maximum Gasteiger partial charge on any atom is 0.306 e. The minimum absolute atomic E-state index is 0.0353. The quantitative estimate of drug-likeness (QED) is 0.633. The fraction of sp³-hybridized carbons (Fsp3) is 0.368. The minimum Gasteiger partial charge on any atom is -0.461 e. The zero-order valence-electron chi connectivity index (χ0n) is 12.2. The van der Waals surface area contributed by atoms with Crippen molar-refractivity contribution in [2.45, 2.75) is 18.9 Å². The highest BCUT2D eigenvalue weighted by molar-refractivity contribution is 5.92. The Morgan fingerprint density at radius 2 is 1.59 bits per heavy atom. The van der Waals surface area contributed by atoms with Gasteiger partial charge in [-0.1, -0.05) is 54.6 Å². The Balaban J connectivity index is 1.39. The highest BCUT2D eigenvalue weighted by Gasteiger charge is 2.53. The molecule has 3 aliphatic carbocycles. The lowest BCUT2D eigenvalue weighted by atomic mass is 9.74. The molecule has 0 spiro atoms. The van der Waals surface area contributed by atoms with E-state index in [2.05, 4.69) is 12.2 Å². The molecule has 0 aromatic heterocycles. The first-order valence-electron chi connectivity index (χ1n) is 7.88. The van der Waals surface area contributed by atoms with Crippen molar-refractivity contribution < 1.29 is 14.3 Å². The summed E-state index contributed by atoms with van der Waals surface area (Å²) in [4.78, 5) is 24.3. The Labute approximate surface area is 129 Å². The second kappa shape index (κ2) is 5.24. The lowest BCUT2D eigenvalue weighted by Crippen LogP contribution is -2.43. The van der Waals surface area contributed by atoms with Crippen molar-refractivity contribution in [3.8, 4) is 0 Å². The number of ether oxygens (including phenoxy) is 1. The summed E-state index contributed by atoms with van der Waals surface area (Å²) in [6.45, 7) is 0. The fourth-order valence-corrected chi connectivity index (χ4v) is 3.93. The third kappa shape index (κ3) is 2.12. The Bertz CT molecular complexity index is 633. The van der Waals surface area contributed by atoms with Crippen molar-refractivity contribution >= 4 is 11.8 Å². The molecule has 1 fully saturated rings. The third-order valence-electron chi connectivity index (χ3n) is 5.05. The van der Waals surface area contributed by atoms with Crippen LogP contribution in [0.5, 0.6) is 0 Å². The number of esters is 1. The predicted octanol–water partition coefficient (Wildman–Crippen LogP) is 2.72. The SMILES string of the molecule is O=C(CCc1ccccc1)OC1C2C=CC1C1C=CC2C1=O. The van der Waals surface area contributed by atoms with Crippen molar-refractivity contribution in [3.63, 3.8) is 0 Å². The highest BCUT2D eigenvalue weighted by atomic mass is 16.5. The van der Waals surface area contributed by atoms with Gasteiger partial charge in [0.25, 0.3) is 0 Å². The largest absolute Gasteiger partial charge is 0.461 e. The number of carbonyl (C=O) groups is 2. The Kier molecular flexibility index (Phi) is 3.21. The zero-order valence-corrected chi connectivity index (χ0v) is 12.2. The summed E-state index contributed by atoms with van der Waals surface area (Å²) in [5.74, 6) is 0.0121. The van der Waals surface area contributed by atoms with Crippen molar-refractivity contribution in [1.82, 2.24) is 0 Å². The number of ketones is 1. The van der Waals surface area contributed by atoms with E-state index in [9.17, 15) is 9.59 Å². The third-order valence-corrected chi connectivity index (χ3v) is 5.05. The van der Waals surface area contributed by atoms with Crippen LogP contribution in [0.2, 0.25) is 0 Å². The number of hydrogen-bond donors (Lipinski definition) is 0. The van der Waals surface area contributed by atoms with Crippen LogP contribution in [0.15, 0.2) is 54.6 Å². The van der Waals surface area contributed by atoms with Gasteiger partial charge < -0.3 is 4.74 Å². The summed E-state index contributed by atoms with van der Waals surface area (Å²) in [6, 6.07) is 9.94. The lowest BCUT2D eigenvalue weighted by Gasteiger charge is -2.34. The average molecular weight is 294 g/mol.